The van der Waals surface area contributed by atoms with Crippen molar-refractivity contribution in [3.63, 3.8) is 0 Å². The number of hydrogen-bond donors (Lipinski definition) is 0. The van der Waals surface area contributed by atoms with Crippen LogP contribution < -0.4 is 11.2 Å². The van der Waals surface area contributed by atoms with Crippen molar-refractivity contribution in [3.8, 4) is 5.69 Å². The van der Waals surface area contributed by atoms with Crippen LogP contribution in [0.15, 0.2) is 46.2 Å². The average molecular weight is 327 g/mol. The summed E-state index contributed by atoms with van der Waals surface area (Å²) in [7, 11) is 3.08. The summed E-state index contributed by atoms with van der Waals surface area (Å²) >= 11 is 0. The molecule has 0 fully saturated rings. The number of esters is 1. The number of benzene rings is 1. The molecular formula is C17H17N3O4. The summed E-state index contributed by atoms with van der Waals surface area (Å²) in [6.45, 7) is 2.07. The molecule has 2 heterocycles. The highest BCUT2D eigenvalue weighted by Gasteiger charge is 2.12. The van der Waals surface area contributed by atoms with E-state index in [0.29, 0.717) is 23.1 Å². The highest BCUT2D eigenvalue weighted by atomic mass is 16.5. The first-order chi connectivity index (χ1) is 11.4. The molecule has 0 saturated heterocycles. The van der Waals surface area contributed by atoms with Crippen LogP contribution in [-0.4, -0.2) is 26.3 Å². The molecule has 1 aromatic carbocycles. The maximum absolute atomic E-state index is 12.2. The number of rotatable bonds is 3. The number of fused-ring (bicyclic) bond motifs is 1. The molecule has 24 heavy (non-hydrogen) atoms. The van der Waals surface area contributed by atoms with E-state index in [9.17, 15) is 14.4 Å². The normalized spacial score (nSPS) is 11.0. The van der Waals surface area contributed by atoms with Gasteiger partial charge in [0.25, 0.3) is 5.56 Å². The molecule has 0 radical (unpaired) electrons. The Kier molecular flexibility index (Phi) is 3.84. The van der Waals surface area contributed by atoms with Gasteiger partial charge in [-0.2, -0.15) is 0 Å². The van der Waals surface area contributed by atoms with E-state index in [-0.39, 0.29) is 17.2 Å². The number of ether oxygens (including phenoxy) is 1. The maximum Gasteiger partial charge on any atom is 0.338 e. The molecule has 7 nitrogen and oxygen atoms in total. The van der Waals surface area contributed by atoms with Crippen LogP contribution in [0.5, 0.6) is 0 Å². The Balaban J connectivity index is 2.09. The smallest absolute Gasteiger partial charge is 0.338 e. The van der Waals surface area contributed by atoms with Crippen LogP contribution in [0, 0.1) is 0 Å². The SMILES string of the molecule is CCOC(=O)c1ccc(-n2cc3c(=O)n(C)c(=O)n(C)c3c2)cc1. The third kappa shape index (κ3) is 2.44. The predicted molar refractivity (Wildman–Crippen MR) is 89.7 cm³/mol. The van der Waals surface area contributed by atoms with Crippen molar-refractivity contribution >= 4 is 16.9 Å². The molecule has 0 aliphatic rings. The van der Waals surface area contributed by atoms with Gasteiger partial charge in [0.15, 0.2) is 0 Å². The standard InChI is InChI=1S/C17H17N3O4/c1-4-24-16(22)11-5-7-12(8-6-11)20-9-13-14(10-20)18(2)17(23)19(3)15(13)21/h5-10H,4H2,1-3H3. The number of aryl methyl sites for hydroxylation is 1. The summed E-state index contributed by atoms with van der Waals surface area (Å²) in [4.78, 5) is 35.9. The predicted octanol–water partition coefficient (Wildman–Crippen LogP) is 1.20. The molecule has 0 aliphatic carbocycles. The Morgan fingerprint density at radius 1 is 1.04 bits per heavy atom. The zero-order valence-electron chi connectivity index (χ0n) is 13.6. The van der Waals surface area contributed by atoms with Gasteiger partial charge in [-0.3, -0.25) is 13.9 Å². The van der Waals surface area contributed by atoms with Crippen molar-refractivity contribution in [2.24, 2.45) is 14.1 Å². The summed E-state index contributed by atoms with van der Waals surface area (Å²) in [5.41, 5.74) is 1.07. The van der Waals surface area contributed by atoms with E-state index in [1.165, 1.54) is 11.6 Å². The Bertz CT molecular complexity index is 1040. The summed E-state index contributed by atoms with van der Waals surface area (Å²) in [6, 6.07) is 6.84. The Hall–Kier alpha value is -3.09. The summed E-state index contributed by atoms with van der Waals surface area (Å²) < 4.78 is 9.21. The molecular weight excluding hydrogens is 310 g/mol. The van der Waals surface area contributed by atoms with Crippen molar-refractivity contribution in [1.29, 1.82) is 0 Å². The van der Waals surface area contributed by atoms with Crippen molar-refractivity contribution in [3.05, 3.63) is 63.1 Å². The molecule has 0 atom stereocenters. The lowest BCUT2D eigenvalue weighted by molar-refractivity contribution is 0.0526. The molecule has 0 aliphatic heterocycles. The number of carbonyl (C=O) groups excluding carboxylic acids is 1. The second kappa shape index (κ2) is 5.84. The molecule has 0 spiro atoms. The van der Waals surface area contributed by atoms with Gasteiger partial charge >= 0.3 is 11.7 Å². The van der Waals surface area contributed by atoms with Gasteiger partial charge in [-0.25, -0.2) is 9.59 Å². The summed E-state index contributed by atoms with van der Waals surface area (Å²) in [5.74, 6) is -0.377. The first-order valence-electron chi connectivity index (χ1n) is 7.49. The fourth-order valence-corrected chi connectivity index (χ4v) is 2.60. The lowest BCUT2D eigenvalue weighted by atomic mass is 10.2. The lowest BCUT2D eigenvalue weighted by Crippen LogP contribution is -2.36. The van der Waals surface area contributed by atoms with Crippen molar-refractivity contribution in [1.82, 2.24) is 13.7 Å². The second-order valence-corrected chi connectivity index (χ2v) is 5.44. The Labute approximate surface area is 137 Å². The van der Waals surface area contributed by atoms with Gasteiger partial charge in [0.2, 0.25) is 0 Å². The van der Waals surface area contributed by atoms with Crippen LogP contribution in [0.3, 0.4) is 0 Å². The van der Waals surface area contributed by atoms with Gasteiger partial charge < -0.3 is 9.30 Å². The minimum atomic E-state index is -0.377. The summed E-state index contributed by atoms with van der Waals surface area (Å²) in [6.07, 6.45) is 3.40. The first kappa shape index (κ1) is 15.8. The van der Waals surface area contributed by atoms with E-state index in [4.69, 9.17) is 4.74 Å². The van der Waals surface area contributed by atoms with Crippen LogP contribution >= 0.6 is 0 Å². The topological polar surface area (TPSA) is 75.2 Å². The number of nitrogens with zero attached hydrogens (tertiary/aromatic N) is 3. The van der Waals surface area contributed by atoms with Crippen LogP contribution in [-0.2, 0) is 18.8 Å². The number of carbonyl (C=O) groups is 1. The zero-order chi connectivity index (χ0) is 17.4. The second-order valence-electron chi connectivity index (χ2n) is 5.44. The van der Waals surface area contributed by atoms with E-state index in [0.717, 1.165) is 10.3 Å². The minimum Gasteiger partial charge on any atom is -0.462 e. The quantitative estimate of drug-likeness (QED) is 0.678. The molecule has 124 valence electrons. The Morgan fingerprint density at radius 2 is 1.71 bits per heavy atom. The van der Waals surface area contributed by atoms with Crippen LogP contribution in [0.2, 0.25) is 0 Å². The van der Waals surface area contributed by atoms with Crippen LogP contribution in [0.4, 0.5) is 0 Å². The monoisotopic (exact) mass is 327 g/mol. The van der Waals surface area contributed by atoms with Crippen LogP contribution in [0.1, 0.15) is 17.3 Å². The average Bonchev–Trinajstić information content (AvgIpc) is 3.04. The van der Waals surface area contributed by atoms with E-state index in [2.05, 4.69) is 0 Å². The van der Waals surface area contributed by atoms with E-state index in [1.807, 2.05) is 0 Å². The van der Waals surface area contributed by atoms with Gasteiger partial charge in [-0.1, -0.05) is 0 Å². The van der Waals surface area contributed by atoms with E-state index < -0.39 is 0 Å². The fraction of sp³-hybridized carbons (Fsp3) is 0.235. The van der Waals surface area contributed by atoms with Gasteiger partial charge in [0.05, 0.1) is 23.1 Å². The highest BCUT2D eigenvalue weighted by Crippen LogP contribution is 2.16. The van der Waals surface area contributed by atoms with Gasteiger partial charge in [0, 0.05) is 32.2 Å². The molecule has 0 bridgehead atoms. The maximum atomic E-state index is 12.2. The molecule has 0 N–H and O–H groups in total. The molecule has 3 rings (SSSR count). The number of hydrogen-bond acceptors (Lipinski definition) is 4. The third-order valence-corrected chi connectivity index (χ3v) is 3.95. The zero-order valence-corrected chi connectivity index (χ0v) is 13.6. The highest BCUT2D eigenvalue weighted by molar-refractivity contribution is 5.89. The summed E-state index contributed by atoms with van der Waals surface area (Å²) in [5, 5.41) is 0.453. The third-order valence-electron chi connectivity index (χ3n) is 3.95. The molecule has 0 saturated carbocycles. The minimum absolute atomic E-state index is 0.320. The van der Waals surface area contributed by atoms with Gasteiger partial charge in [-0.05, 0) is 31.2 Å². The molecule has 3 aromatic rings. The lowest BCUT2D eigenvalue weighted by Gasteiger charge is -2.05. The van der Waals surface area contributed by atoms with Crippen molar-refractivity contribution in [2.75, 3.05) is 6.61 Å². The fourth-order valence-electron chi connectivity index (χ4n) is 2.60. The molecule has 7 heteroatoms. The number of aromatic nitrogens is 3. The van der Waals surface area contributed by atoms with Gasteiger partial charge in [0.1, 0.15) is 0 Å². The largest absolute Gasteiger partial charge is 0.462 e. The van der Waals surface area contributed by atoms with E-state index in [1.54, 1.807) is 55.2 Å². The van der Waals surface area contributed by atoms with Crippen LogP contribution in [0.25, 0.3) is 16.6 Å². The molecule has 2 aromatic heterocycles. The van der Waals surface area contributed by atoms with Crippen molar-refractivity contribution in [2.45, 2.75) is 6.92 Å². The molecule has 0 amide bonds. The van der Waals surface area contributed by atoms with Crippen molar-refractivity contribution < 1.29 is 9.53 Å². The van der Waals surface area contributed by atoms with Gasteiger partial charge in [-0.15, -0.1) is 0 Å². The molecule has 0 unspecified atom stereocenters. The Morgan fingerprint density at radius 3 is 2.33 bits per heavy atom. The van der Waals surface area contributed by atoms with E-state index >= 15 is 0 Å². The first-order valence-corrected chi connectivity index (χ1v) is 7.49.